The highest BCUT2D eigenvalue weighted by atomic mass is 35.5. The summed E-state index contributed by atoms with van der Waals surface area (Å²) in [4.78, 5) is 28.5. The van der Waals surface area contributed by atoms with Crippen molar-refractivity contribution in [1.29, 1.82) is 0 Å². The Morgan fingerprint density at radius 1 is 0.875 bits per heavy atom. The first kappa shape index (κ1) is 31.5. The lowest BCUT2D eigenvalue weighted by molar-refractivity contribution is -0.139. The monoisotopic (exact) mass is 603 g/mol. The first-order chi connectivity index (χ1) is 18.8. The van der Waals surface area contributed by atoms with Gasteiger partial charge in [-0.2, -0.15) is 0 Å². The number of nitrogens with one attached hydrogen (secondary N) is 1. The molecular formula is C30H35Cl2N3O4S. The number of halogens is 2. The molecule has 3 aromatic rings. The van der Waals surface area contributed by atoms with Crippen LogP contribution in [0.2, 0.25) is 10.0 Å². The third kappa shape index (κ3) is 7.77. The van der Waals surface area contributed by atoms with Gasteiger partial charge in [0.15, 0.2) is 0 Å². The average molecular weight is 605 g/mol. The number of carbonyl (C=O) groups is 2. The van der Waals surface area contributed by atoms with Gasteiger partial charge >= 0.3 is 0 Å². The molecule has 0 heterocycles. The van der Waals surface area contributed by atoms with Crippen LogP contribution in [0.3, 0.4) is 0 Å². The van der Waals surface area contributed by atoms with Crippen molar-refractivity contribution in [2.24, 2.45) is 0 Å². The van der Waals surface area contributed by atoms with Crippen molar-refractivity contribution in [3.8, 4) is 0 Å². The van der Waals surface area contributed by atoms with E-state index in [9.17, 15) is 18.0 Å². The summed E-state index contributed by atoms with van der Waals surface area (Å²) in [5, 5.41) is 3.32. The van der Waals surface area contributed by atoms with E-state index < -0.39 is 28.5 Å². The van der Waals surface area contributed by atoms with E-state index >= 15 is 0 Å². The van der Waals surface area contributed by atoms with Gasteiger partial charge in [0.05, 0.1) is 20.6 Å². The van der Waals surface area contributed by atoms with Gasteiger partial charge in [0, 0.05) is 12.6 Å². The van der Waals surface area contributed by atoms with E-state index in [1.807, 2.05) is 52.0 Å². The van der Waals surface area contributed by atoms with Crippen LogP contribution in [0.25, 0.3) is 0 Å². The predicted octanol–water partition coefficient (Wildman–Crippen LogP) is 6.14. The molecule has 1 N–H and O–H groups in total. The molecule has 0 radical (unpaired) electrons. The molecule has 0 aromatic heterocycles. The molecule has 0 bridgehead atoms. The molecule has 214 valence electrons. The molecule has 0 fully saturated rings. The van der Waals surface area contributed by atoms with Crippen LogP contribution in [-0.4, -0.2) is 43.8 Å². The Kier molecular flexibility index (Phi) is 10.6. The number of anilines is 1. The Morgan fingerprint density at radius 2 is 1.45 bits per heavy atom. The fourth-order valence-corrected chi connectivity index (χ4v) is 5.64. The van der Waals surface area contributed by atoms with Crippen molar-refractivity contribution >= 4 is 50.7 Å². The van der Waals surface area contributed by atoms with Crippen LogP contribution in [0.4, 0.5) is 5.69 Å². The van der Waals surface area contributed by atoms with Crippen LogP contribution >= 0.6 is 23.2 Å². The Hall–Kier alpha value is -3.07. The molecule has 2 amide bonds. The topological polar surface area (TPSA) is 86.8 Å². The molecule has 0 aliphatic heterocycles. The van der Waals surface area contributed by atoms with Gasteiger partial charge in [-0.15, -0.1) is 0 Å². The summed E-state index contributed by atoms with van der Waals surface area (Å²) in [6, 6.07) is 17.4. The number of carbonyl (C=O) groups excluding carboxylic acids is 2. The SMILES string of the molecule is CC[C@@H](C)NC(=O)[C@@H](C)N(Cc1ccc(C)cc1)C(=O)CN(c1ccc(Cl)c(Cl)c1)S(=O)(=O)c1ccc(C)cc1. The molecule has 0 spiro atoms. The largest absolute Gasteiger partial charge is 0.352 e. The van der Waals surface area contributed by atoms with Gasteiger partial charge in [0.2, 0.25) is 11.8 Å². The molecule has 7 nitrogen and oxygen atoms in total. The Bertz CT molecular complexity index is 1440. The fraction of sp³-hybridized carbons (Fsp3) is 0.333. The molecule has 0 aliphatic rings. The molecule has 0 saturated carbocycles. The Morgan fingerprint density at radius 3 is 2.00 bits per heavy atom. The molecule has 10 heteroatoms. The predicted molar refractivity (Wildman–Crippen MR) is 161 cm³/mol. The highest BCUT2D eigenvalue weighted by Gasteiger charge is 2.33. The van der Waals surface area contributed by atoms with E-state index in [1.54, 1.807) is 19.1 Å². The minimum absolute atomic E-state index is 0.0182. The lowest BCUT2D eigenvalue weighted by atomic mass is 10.1. The number of hydrogen-bond acceptors (Lipinski definition) is 4. The summed E-state index contributed by atoms with van der Waals surface area (Å²) in [5.41, 5.74) is 2.93. The highest BCUT2D eigenvalue weighted by Crippen LogP contribution is 2.31. The Balaban J connectivity index is 2.04. The van der Waals surface area contributed by atoms with E-state index in [0.717, 1.165) is 27.4 Å². The van der Waals surface area contributed by atoms with Crippen molar-refractivity contribution in [3.05, 3.63) is 93.5 Å². The van der Waals surface area contributed by atoms with Crippen molar-refractivity contribution in [2.75, 3.05) is 10.8 Å². The Labute approximate surface area is 247 Å². The van der Waals surface area contributed by atoms with Crippen LogP contribution in [0.15, 0.2) is 71.6 Å². The van der Waals surface area contributed by atoms with E-state index in [0.29, 0.717) is 0 Å². The van der Waals surface area contributed by atoms with Gasteiger partial charge in [-0.1, -0.05) is 77.7 Å². The van der Waals surface area contributed by atoms with Crippen molar-refractivity contribution < 1.29 is 18.0 Å². The second-order valence-electron chi connectivity index (χ2n) is 9.92. The van der Waals surface area contributed by atoms with Gasteiger partial charge in [0.25, 0.3) is 10.0 Å². The number of amides is 2. The lowest BCUT2D eigenvalue weighted by Gasteiger charge is -2.32. The van der Waals surface area contributed by atoms with Crippen LogP contribution in [0.5, 0.6) is 0 Å². The van der Waals surface area contributed by atoms with E-state index in [4.69, 9.17) is 23.2 Å². The zero-order valence-corrected chi connectivity index (χ0v) is 25.6. The summed E-state index contributed by atoms with van der Waals surface area (Å²) in [6.45, 7) is 8.86. The molecule has 3 aromatic carbocycles. The zero-order chi connectivity index (χ0) is 29.6. The number of hydrogen-bond donors (Lipinski definition) is 1. The number of rotatable bonds is 11. The van der Waals surface area contributed by atoms with E-state index in [2.05, 4.69) is 5.32 Å². The number of aryl methyl sites for hydroxylation is 2. The summed E-state index contributed by atoms with van der Waals surface area (Å²) in [5.74, 6) is -0.869. The molecule has 0 saturated heterocycles. The first-order valence-corrected chi connectivity index (χ1v) is 15.2. The minimum Gasteiger partial charge on any atom is -0.352 e. The lowest BCUT2D eigenvalue weighted by Crippen LogP contribution is -2.52. The first-order valence-electron chi connectivity index (χ1n) is 13.0. The van der Waals surface area contributed by atoms with E-state index in [1.165, 1.54) is 35.2 Å². The number of nitrogens with zero attached hydrogens (tertiary/aromatic N) is 2. The molecule has 0 aliphatic carbocycles. The summed E-state index contributed by atoms with van der Waals surface area (Å²) in [6.07, 6.45) is 0.726. The van der Waals surface area contributed by atoms with Gasteiger partial charge < -0.3 is 10.2 Å². The van der Waals surface area contributed by atoms with Crippen molar-refractivity contribution in [3.63, 3.8) is 0 Å². The fourth-order valence-electron chi connectivity index (χ4n) is 3.94. The zero-order valence-electron chi connectivity index (χ0n) is 23.3. The second-order valence-corrected chi connectivity index (χ2v) is 12.6. The van der Waals surface area contributed by atoms with Gasteiger partial charge in [-0.25, -0.2) is 8.42 Å². The minimum atomic E-state index is -4.19. The normalized spacial score (nSPS) is 12.9. The maximum Gasteiger partial charge on any atom is 0.264 e. The molecule has 3 rings (SSSR count). The van der Waals surface area contributed by atoms with Crippen LogP contribution < -0.4 is 9.62 Å². The summed E-state index contributed by atoms with van der Waals surface area (Å²) in [7, 11) is -4.19. The maximum absolute atomic E-state index is 14.0. The maximum atomic E-state index is 14.0. The van der Waals surface area contributed by atoms with Crippen LogP contribution in [0.1, 0.15) is 43.9 Å². The van der Waals surface area contributed by atoms with Gasteiger partial charge in [-0.05, 0) is 70.0 Å². The van der Waals surface area contributed by atoms with Gasteiger partial charge in [0.1, 0.15) is 12.6 Å². The molecule has 2 atom stereocenters. The average Bonchev–Trinajstić information content (AvgIpc) is 2.92. The second kappa shape index (κ2) is 13.5. The smallest absolute Gasteiger partial charge is 0.264 e. The number of sulfonamides is 1. The third-order valence-corrected chi connectivity index (χ3v) is 9.25. The van der Waals surface area contributed by atoms with Crippen molar-refractivity contribution in [1.82, 2.24) is 10.2 Å². The quantitative estimate of drug-likeness (QED) is 0.285. The van der Waals surface area contributed by atoms with Crippen molar-refractivity contribution in [2.45, 2.75) is 64.6 Å². The van der Waals surface area contributed by atoms with E-state index in [-0.39, 0.29) is 39.1 Å². The third-order valence-electron chi connectivity index (χ3n) is 6.72. The molecular weight excluding hydrogens is 569 g/mol. The van der Waals surface area contributed by atoms with Gasteiger partial charge in [-0.3, -0.25) is 13.9 Å². The molecule has 0 unspecified atom stereocenters. The van der Waals surface area contributed by atoms with Crippen LogP contribution in [-0.2, 0) is 26.2 Å². The summed E-state index contributed by atoms with van der Waals surface area (Å²) < 4.78 is 28.8. The number of benzene rings is 3. The molecule has 40 heavy (non-hydrogen) atoms. The standard InChI is InChI=1S/C30H35Cl2N3O4S/c1-6-22(4)33-30(37)23(5)34(18-24-11-7-20(2)8-12-24)29(36)19-35(25-13-16-27(31)28(32)17-25)40(38,39)26-14-9-21(3)10-15-26/h7-17,22-23H,6,18-19H2,1-5H3,(H,33,37)/t22-,23-/m1/s1. The van der Waals surface area contributed by atoms with Crippen LogP contribution in [0, 0.1) is 13.8 Å². The summed E-state index contributed by atoms with van der Waals surface area (Å²) >= 11 is 12.3. The highest BCUT2D eigenvalue weighted by molar-refractivity contribution is 7.92.